The molecule has 1 aromatic heterocycles. The highest BCUT2D eigenvalue weighted by Crippen LogP contribution is 2.31. The van der Waals surface area contributed by atoms with Crippen molar-refractivity contribution in [1.29, 1.82) is 0 Å². The molecule has 0 bridgehead atoms. The van der Waals surface area contributed by atoms with Crippen LogP contribution in [-0.4, -0.2) is 24.5 Å². The van der Waals surface area contributed by atoms with Gasteiger partial charge in [-0.3, -0.25) is 14.4 Å². The van der Waals surface area contributed by atoms with E-state index in [1.165, 1.54) is 15.6 Å². The van der Waals surface area contributed by atoms with Gasteiger partial charge in [-0.15, -0.1) is 10.2 Å². The number of sulfonamides is 1. The zero-order valence-corrected chi connectivity index (χ0v) is 24.2. The standard InChI is InChI=1S/C29H22Cl2N4O3S2/c1-19-7-14-24(31)17-26(19)35(40(37,38)25-5-3-2-4-6-25)18-20-8-10-21(11-9-20)27(36)32-29-34-33-28(39-29)22-12-15-23(30)16-13-22/h2-17H,18H2,1H3,(H,32,34,36). The van der Waals surface area contributed by atoms with Crippen molar-refractivity contribution in [3.63, 3.8) is 0 Å². The topological polar surface area (TPSA) is 92.3 Å². The number of hydrogen-bond acceptors (Lipinski definition) is 6. The lowest BCUT2D eigenvalue weighted by molar-refractivity contribution is 0.102. The Hall–Kier alpha value is -3.76. The summed E-state index contributed by atoms with van der Waals surface area (Å²) in [5.41, 5.74) is 3.16. The number of hydrogen-bond donors (Lipinski definition) is 1. The first-order chi connectivity index (χ1) is 19.2. The van der Waals surface area contributed by atoms with Gasteiger partial charge in [-0.25, -0.2) is 8.42 Å². The second kappa shape index (κ2) is 11.8. The van der Waals surface area contributed by atoms with Crippen LogP contribution >= 0.6 is 34.5 Å². The number of nitrogens with zero attached hydrogens (tertiary/aromatic N) is 3. The molecule has 0 radical (unpaired) electrons. The molecule has 0 fully saturated rings. The van der Waals surface area contributed by atoms with Gasteiger partial charge < -0.3 is 0 Å². The first-order valence-corrected chi connectivity index (χ1v) is 15.1. The molecule has 5 rings (SSSR count). The van der Waals surface area contributed by atoms with Gasteiger partial charge in [-0.2, -0.15) is 0 Å². The molecule has 0 aliphatic rings. The van der Waals surface area contributed by atoms with E-state index in [0.717, 1.165) is 11.1 Å². The maximum atomic E-state index is 13.7. The molecule has 0 saturated heterocycles. The molecule has 0 atom stereocenters. The predicted molar refractivity (Wildman–Crippen MR) is 161 cm³/mol. The minimum absolute atomic E-state index is 0.0428. The summed E-state index contributed by atoms with van der Waals surface area (Å²) in [5.74, 6) is -0.357. The smallest absolute Gasteiger partial charge is 0.264 e. The number of aryl methyl sites for hydroxylation is 1. The minimum atomic E-state index is -3.91. The van der Waals surface area contributed by atoms with Gasteiger partial charge in [-0.05, 0) is 66.6 Å². The van der Waals surface area contributed by atoms with Crippen molar-refractivity contribution in [2.45, 2.75) is 18.4 Å². The van der Waals surface area contributed by atoms with Crippen molar-refractivity contribution in [2.24, 2.45) is 0 Å². The third-order valence-corrected chi connectivity index (χ3v) is 9.20. The van der Waals surface area contributed by atoms with E-state index in [0.29, 0.717) is 37.0 Å². The number of amides is 1. The summed E-state index contributed by atoms with van der Waals surface area (Å²) in [6, 6.07) is 27.3. The van der Waals surface area contributed by atoms with E-state index < -0.39 is 10.0 Å². The molecule has 7 nitrogen and oxygen atoms in total. The normalized spacial score (nSPS) is 11.3. The SMILES string of the molecule is Cc1ccc(Cl)cc1N(Cc1ccc(C(=O)Nc2nnc(-c3ccc(Cl)cc3)s2)cc1)S(=O)(=O)c1ccccc1. The Kier molecular flexibility index (Phi) is 8.18. The van der Waals surface area contributed by atoms with Crippen molar-refractivity contribution in [3.05, 3.63) is 124 Å². The summed E-state index contributed by atoms with van der Waals surface area (Å²) >= 11 is 13.4. The minimum Gasteiger partial charge on any atom is -0.296 e. The summed E-state index contributed by atoms with van der Waals surface area (Å²) in [6.07, 6.45) is 0. The van der Waals surface area contributed by atoms with Crippen LogP contribution < -0.4 is 9.62 Å². The molecule has 5 aromatic rings. The number of carbonyl (C=O) groups is 1. The molecule has 1 heterocycles. The van der Waals surface area contributed by atoms with E-state index in [2.05, 4.69) is 15.5 Å². The molecule has 0 aliphatic carbocycles. The first-order valence-electron chi connectivity index (χ1n) is 12.0. The monoisotopic (exact) mass is 608 g/mol. The lowest BCUT2D eigenvalue weighted by Crippen LogP contribution is -2.31. The Morgan fingerprint density at radius 3 is 2.25 bits per heavy atom. The molecule has 0 spiro atoms. The van der Waals surface area contributed by atoms with E-state index in [4.69, 9.17) is 23.2 Å². The highest BCUT2D eigenvalue weighted by atomic mass is 35.5. The fourth-order valence-corrected chi connectivity index (χ4v) is 6.52. The molecule has 11 heteroatoms. The number of rotatable bonds is 8. The highest BCUT2D eigenvalue weighted by molar-refractivity contribution is 7.92. The highest BCUT2D eigenvalue weighted by Gasteiger charge is 2.26. The van der Waals surface area contributed by atoms with Gasteiger partial charge in [0.25, 0.3) is 15.9 Å². The van der Waals surface area contributed by atoms with E-state index in [-0.39, 0.29) is 17.3 Å². The van der Waals surface area contributed by atoms with Crippen LogP contribution in [0.15, 0.2) is 102 Å². The van der Waals surface area contributed by atoms with Crippen molar-refractivity contribution >= 4 is 61.3 Å². The number of carbonyl (C=O) groups excluding carboxylic acids is 1. The zero-order chi connectivity index (χ0) is 28.3. The lowest BCUT2D eigenvalue weighted by Gasteiger charge is -2.26. The molecular formula is C29H22Cl2N4O3S2. The molecular weight excluding hydrogens is 587 g/mol. The van der Waals surface area contributed by atoms with E-state index in [9.17, 15) is 13.2 Å². The quantitative estimate of drug-likeness (QED) is 0.197. The Bertz CT molecular complexity index is 1760. The van der Waals surface area contributed by atoms with Crippen molar-refractivity contribution < 1.29 is 13.2 Å². The van der Waals surface area contributed by atoms with Crippen LogP contribution in [0.3, 0.4) is 0 Å². The molecule has 4 aromatic carbocycles. The van der Waals surface area contributed by atoms with Crippen LogP contribution in [0, 0.1) is 6.92 Å². The van der Waals surface area contributed by atoms with Crippen molar-refractivity contribution in [2.75, 3.05) is 9.62 Å². The molecule has 0 aliphatic heterocycles. The van der Waals surface area contributed by atoms with Crippen LogP contribution in [0.25, 0.3) is 10.6 Å². The van der Waals surface area contributed by atoms with Crippen molar-refractivity contribution in [1.82, 2.24) is 10.2 Å². The van der Waals surface area contributed by atoms with Gasteiger partial charge in [0.15, 0.2) is 0 Å². The van der Waals surface area contributed by atoms with Crippen molar-refractivity contribution in [3.8, 4) is 10.6 Å². The Balaban J connectivity index is 1.36. The molecule has 0 unspecified atom stereocenters. The average Bonchev–Trinajstić information content (AvgIpc) is 3.42. The third kappa shape index (κ3) is 6.18. The molecule has 40 heavy (non-hydrogen) atoms. The Labute approximate surface area is 246 Å². The van der Waals surface area contributed by atoms with Crippen LogP contribution in [0.4, 0.5) is 10.8 Å². The number of benzene rings is 4. The van der Waals surface area contributed by atoms with Crippen LogP contribution in [0.1, 0.15) is 21.5 Å². The average molecular weight is 610 g/mol. The second-order valence-electron chi connectivity index (χ2n) is 8.83. The predicted octanol–water partition coefficient (Wildman–Crippen LogP) is 7.47. The molecule has 0 saturated carbocycles. The van der Waals surface area contributed by atoms with Gasteiger partial charge in [0, 0.05) is 21.2 Å². The summed E-state index contributed by atoms with van der Waals surface area (Å²) in [5, 5.41) is 13.0. The summed E-state index contributed by atoms with van der Waals surface area (Å²) in [4.78, 5) is 13.0. The zero-order valence-electron chi connectivity index (χ0n) is 21.1. The van der Waals surface area contributed by atoms with Crippen LogP contribution in [-0.2, 0) is 16.6 Å². The van der Waals surface area contributed by atoms with Gasteiger partial charge in [0.1, 0.15) is 5.01 Å². The van der Waals surface area contributed by atoms with Gasteiger partial charge in [-0.1, -0.05) is 83.1 Å². The van der Waals surface area contributed by atoms with Gasteiger partial charge in [0.2, 0.25) is 5.13 Å². The fraction of sp³-hybridized carbons (Fsp3) is 0.0690. The third-order valence-electron chi connectivity index (χ3n) is 6.05. The Morgan fingerprint density at radius 1 is 0.875 bits per heavy atom. The molecule has 202 valence electrons. The summed E-state index contributed by atoms with van der Waals surface area (Å²) in [7, 11) is -3.91. The number of nitrogens with one attached hydrogen (secondary N) is 1. The number of halogens is 2. The molecule has 1 N–H and O–H groups in total. The number of anilines is 2. The largest absolute Gasteiger partial charge is 0.296 e. The van der Waals surface area contributed by atoms with Gasteiger partial charge in [0.05, 0.1) is 17.1 Å². The first kappa shape index (κ1) is 27.8. The van der Waals surface area contributed by atoms with Gasteiger partial charge >= 0.3 is 0 Å². The maximum Gasteiger partial charge on any atom is 0.264 e. The maximum absolute atomic E-state index is 13.7. The second-order valence-corrected chi connectivity index (χ2v) is 12.5. The fourth-order valence-electron chi connectivity index (χ4n) is 3.95. The molecule has 1 amide bonds. The Morgan fingerprint density at radius 2 is 1.55 bits per heavy atom. The summed E-state index contributed by atoms with van der Waals surface area (Å²) < 4.78 is 28.7. The van der Waals surface area contributed by atoms with Crippen LogP contribution in [0.2, 0.25) is 10.0 Å². The van der Waals surface area contributed by atoms with E-state index >= 15 is 0 Å². The summed E-state index contributed by atoms with van der Waals surface area (Å²) in [6.45, 7) is 1.87. The van der Waals surface area contributed by atoms with E-state index in [1.807, 2.05) is 19.1 Å². The van der Waals surface area contributed by atoms with E-state index in [1.54, 1.807) is 84.9 Å². The lowest BCUT2D eigenvalue weighted by atomic mass is 10.1. The van der Waals surface area contributed by atoms with Crippen LogP contribution in [0.5, 0.6) is 0 Å². The number of aromatic nitrogens is 2.